The van der Waals surface area contributed by atoms with Gasteiger partial charge in [-0.3, -0.25) is 4.79 Å². The predicted octanol–water partition coefficient (Wildman–Crippen LogP) is 4.64. The topological polar surface area (TPSA) is 57.9 Å². The fourth-order valence-electron chi connectivity index (χ4n) is 3.25. The Morgan fingerprint density at radius 1 is 0.778 bits per heavy atom. The molecule has 0 saturated heterocycles. The summed E-state index contributed by atoms with van der Waals surface area (Å²) < 4.78 is 22.3. The summed E-state index contributed by atoms with van der Waals surface area (Å²) in [5.41, 5.74) is 1.12. The van der Waals surface area contributed by atoms with Crippen molar-refractivity contribution < 1.29 is 18.6 Å². The highest BCUT2D eigenvalue weighted by Crippen LogP contribution is 2.41. The molecule has 5 heteroatoms. The van der Waals surface area contributed by atoms with Gasteiger partial charge in [-0.2, -0.15) is 0 Å². The molecule has 0 aliphatic carbocycles. The molecule has 0 unspecified atom stereocenters. The highest BCUT2D eigenvalue weighted by Gasteiger charge is 2.17. The third-order valence-corrected chi connectivity index (χ3v) is 4.57. The van der Waals surface area contributed by atoms with Crippen LogP contribution in [-0.2, 0) is 0 Å². The number of hydrogen-bond acceptors (Lipinski definition) is 5. The van der Waals surface area contributed by atoms with Crippen LogP contribution in [0.4, 0.5) is 0 Å². The molecule has 0 spiro atoms. The van der Waals surface area contributed by atoms with Crippen LogP contribution in [0.2, 0.25) is 0 Å². The van der Waals surface area contributed by atoms with Crippen molar-refractivity contribution in [2.75, 3.05) is 21.3 Å². The van der Waals surface area contributed by atoms with Crippen LogP contribution in [-0.4, -0.2) is 21.3 Å². The van der Waals surface area contributed by atoms with Gasteiger partial charge in [0.1, 0.15) is 11.3 Å². The first-order valence-electron chi connectivity index (χ1n) is 8.42. The van der Waals surface area contributed by atoms with Crippen LogP contribution < -0.4 is 19.6 Å². The molecule has 136 valence electrons. The van der Waals surface area contributed by atoms with Gasteiger partial charge in [0.2, 0.25) is 5.75 Å². The molecule has 0 N–H and O–H groups in total. The lowest BCUT2D eigenvalue weighted by atomic mass is 10.1. The maximum absolute atomic E-state index is 12.7. The van der Waals surface area contributed by atoms with Crippen LogP contribution in [0, 0.1) is 0 Å². The quantitative estimate of drug-likeness (QED) is 0.495. The van der Waals surface area contributed by atoms with Crippen LogP contribution in [0.5, 0.6) is 17.2 Å². The Morgan fingerprint density at radius 3 is 2.15 bits per heavy atom. The smallest absolute Gasteiger partial charge is 0.203 e. The number of benzene rings is 3. The molecule has 27 heavy (non-hydrogen) atoms. The number of rotatable bonds is 4. The van der Waals surface area contributed by atoms with Crippen molar-refractivity contribution in [2.45, 2.75) is 0 Å². The molecular formula is C22H18O5. The Balaban J connectivity index is 2.02. The van der Waals surface area contributed by atoms with Crippen molar-refractivity contribution in [3.8, 4) is 28.6 Å². The van der Waals surface area contributed by atoms with E-state index in [1.165, 1.54) is 6.07 Å². The lowest BCUT2D eigenvalue weighted by Crippen LogP contribution is -2.01. The summed E-state index contributed by atoms with van der Waals surface area (Å²) in [4.78, 5) is 12.7. The highest BCUT2D eigenvalue weighted by molar-refractivity contribution is 6.04. The molecule has 0 aliphatic heterocycles. The number of ether oxygens (including phenoxy) is 3. The third-order valence-electron chi connectivity index (χ3n) is 4.57. The molecule has 4 rings (SSSR count). The van der Waals surface area contributed by atoms with Crippen LogP contribution in [0.3, 0.4) is 0 Å². The Kier molecular flexibility index (Phi) is 4.20. The molecule has 0 fully saturated rings. The molecule has 5 nitrogen and oxygen atoms in total. The van der Waals surface area contributed by atoms with E-state index in [-0.39, 0.29) is 5.43 Å². The van der Waals surface area contributed by atoms with E-state index >= 15 is 0 Å². The van der Waals surface area contributed by atoms with E-state index in [9.17, 15) is 4.79 Å². The van der Waals surface area contributed by atoms with Gasteiger partial charge in [0, 0.05) is 17.0 Å². The molecule has 0 bridgehead atoms. The molecule has 3 aromatic carbocycles. The first-order valence-corrected chi connectivity index (χ1v) is 8.42. The van der Waals surface area contributed by atoms with Gasteiger partial charge >= 0.3 is 0 Å². The van der Waals surface area contributed by atoms with Crippen molar-refractivity contribution in [1.82, 2.24) is 0 Å². The minimum absolute atomic E-state index is 0.106. The zero-order valence-corrected chi connectivity index (χ0v) is 15.2. The van der Waals surface area contributed by atoms with E-state index in [1.54, 1.807) is 39.5 Å². The largest absolute Gasteiger partial charge is 0.493 e. The molecule has 1 aromatic heterocycles. The second kappa shape index (κ2) is 6.68. The molecule has 0 atom stereocenters. The highest BCUT2D eigenvalue weighted by atomic mass is 16.5. The Morgan fingerprint density at radius 2 is 1.48 bits per heavy atom. The van der Waals surface area contributed by atoms with E-state index in [2.05, 4.69) is 0 Å². The zero-order valence-electron chi connectivity index (χ0n) is 15.2. The van der Waals surface area contributed by atoms with Crippen molar-refractivity contribution >= 4 is 21.7 Å². The van der Waals surface area contributed by atoms with Crippen LogP contribution in [0.15, 0.2) is 63.8 Å². The van der Waals surface area contributed by atoms with Crippen LogP contribution in [0.1, 0.15) is 0 Å². The predicted molar refractivity (Wildman–Crippen MR) is 105 cm³/mol. The van der Waals surface area contributed by atoms with E-state index in [0.717, 1.165) is 10.8 Å². The summed E-state index contributed by atoms with van der Waals surface area (Å²) in [6.45, 7) is 0. The third kappa shape index (κ3) is 2.77. The standard InChI is InChI=1S/C22H18O5/c1-24-19-10-14(11-20(25-2)22(19)26-3)18-12-17(23)16-9-8-13-6-4-5-7-15(13)21(16)27-18/h4-12H,1-3H3. The van der Waals surface area contributed by atoms with Crippen molar-refractivity contribution in [3.05, 3.63) is 64.8 Å². The van der Waals surface area contributed by atoms with Gasteiger partial charge < -0.3 is 18.6 Å². The van der Waals surface area contributed by atoms with Crippen LogP contribution in [0.25, 0.3) is 33.1 Å². The van der Waals surface area contributed by atoms with E-state index in [4.69, 9.17) is 18.6 Å². The lowest BCUT2D eigenvalue weighted by molar-refractivity contribution is 0.324. The van der Waals surface area contributed by atoms with Crippen molar-refractivity contribution in [2.24, 2.45) is 0 Å². The zero-order chi connectivity index (χ0) is 19.0. The first-order chi connectivity index (χ1) is 13.2. The Bertz CT molecular complexity index is 1180. The average molecular weight is 362 g/mol. The van der Waals surface area contributed by atoms with E-state index in [0.29, 0.717) is 39.5 Å². The van der Waals surface area contributed by atoms with E-state index in [1.807, 2.05) is 30.3 Å². The maximum Gasteiger partial charge on any atom is 0.203 e. The van der Waals surface area contributed by atoms with Gasteiger partial charge in [0.25, 0.3) is 0 Å². The molecule has 1 heterocycles. The fraction of sp³-hybridized carbons (Fsp3) is 0.136. The van der Waals surface area contributed by atoms with Gasteiger partial charge in [0.05, 0.1) is 26.7 Å². The van der Waals surface area contributed by atoms with Gasteiger partial charge in [-0.15, -0.1) is 0 Å². The Hall–Kier alpha value is -3.47. The molecule has 0 aliphatic rings. The summed E-state index contributed by atoms with van der Waals surface area (Å²) in [6, 6.07) is 16.5. The lowest BCUT2D eigenvalue weighted by Gasteiger charge is -2.14. The van der Waals surface area contributed by atoms with Crippen LogP contribution >= 0.6 is 0 Å². The Labute approximate surface area is 155 Å². The summed E-state index contributed by atoms with van der Waals surface area (Å²) in [5, 5.41) is 2.45. The monoisotopic (exact) mass is 362 g/mol. The molecular weight excluding hydrogens is 344 g/mol. The molecule has 4 aromatic rings. The van der Waals surface area contributed by atoms with Gasteiger partial charge in [-0.1, -0.05) is 30.3 Å². The minimum atomic E-state index is -0.106. The minimum Gasteiger partial charge on any atom is -0.493 e. The SMILES string of the molecule is COc1cc(-c2cc(=O)c3ccc4ccccc4c3o2)cc(OC)c1OC. The van der Waals surface area contributed by atoms with E-state index < -0.39 is 0 Å². The normalized spacial score (nSPS) is 10.9. The summed E-state index contributed by atoms with van der Waals surface area (Å²) in [7, 11) is 4.64. The average Bonchev–Trinajstić information content (AvgIpc) is 2.72. The number of methoxy groups -OCH3 is 3. The molecule has 0 saturated carbocycles. The van der Waals surface area contributed by atoms with Gasteiger partial charge in [0.15, 0.2) is 16.9 Å². The first kappa shape index (κ1) is 17.0. The summed E-state index contributed by atoms with van der Waals surface area (Å²) in [6.07, 6.45) is 0. The molecule has 0 radical (unpaired) electrons. The van der Waals surface area contributed by atoms with Gasteiger partial charge in [-0.05, 0) is 23.6 Å². The fourth-order valence-corrected chi connectivity index (χ4v) is 3.25. The summed E-state index contributed by atoms with van der Waals surface area (Å²) in [5.74, 6) is 1.90. The number of fused-ring (bicyclic) bond motifs is 3. The second-order valence-electron chi connectivity index (χ2n) is 6.05. The van der Waals surface area contributed by atoms with Crippen molar-refractivity contribution in [1.29, 1.82) is 0 Å². The molecule has 0 amide bonds. The summed E-state index contributed by atoms with van der Waals surface area (Å²) >= 11 is 0. The van der Waals surface area contributed by atoms with Gasteiger partial charge in [-0.25, -0.2) is 0 Å². The maximum atomic E-state index is 12.7. The number of hydrogen-bond donors (Lipinski definition) is 0. The van der Waals surface area contributed by atoms with Crippen molar-refractivity contribution in [3.63, 3.8) is 0 Å². The second-order valence-corrected chi connectivity index (χ2v) is 6.05.